The molecule has 1 unspecified atom stereocenters. The van der Waals surface area contributed by atoms with Gasteiger partial charge in [-0.2, -0.15) is 16.7 Å². The highest BCUT2D eigenvalue weighted by atomic mass is 32.2. The van der Waals surface area contributed by atoms with Crippen LogP contribution < -0.4 is 20.3 Å². The number of carbonyl (C=O) groups is 2. The first-order valence-electron chi connectivity index (χ1n) is 14.3. The summed E-state index contributed by atoms with van der Waals surface area (Å²) in [5.74, 6) is 1.45. The summed E-state index contributed by atoms with van der Waals surface area (Å²) in [4.78, 5) is 37.3. The van der Waals surface area contributed by atoms with Crippen LogP contribution in [0.15, 0.2) is 42.5 Å². The summed E-state index contributed by atoms with van der Waals surface area (Å²) in [6.45, 7) is 12.1. The normalized spacial score (nSPS) is 15.3. The maximum absolute atomic E-state index is 13.4. The molecule has 11 heteroatoms. The average molecular weight is 610 g/mol. The van der Waals surface area contributed by atoms with Crippen molar-refractivity contribution in [1.29, 1.82) is 0 Å². The van der Waals surface area contributed by atoms with E-state index in [2.05, 4.69) is 27.4 Å². The van der Waals surface area contributed by atoms with Crippen LogP contribution in [0.4, 0.5) is 26.6 Å². The van der Waals surface area contributed by atoms with Crippen molar-refractivity contribution in [2.75, 3.05) is 28.8 Å². The molecule has 1 aromatic heterocycles. The van der Waals surface area contributed by atoms with Crippen molar-refractivity contribution < 1.29 is 23.5 Å². The van der Waals surface area contributed by atoms with E-state index in [1.807, 2.05) is 32.2 Å². The molecule has 9 nitrogen and oxygen atoms in total. The van der Waals surface area contributed by atoms with Crippen LogP contribution in [0.25, 0.3) is 0 Å². The van der Waals surface area contributed by atoms with E-state index in [1.165, 1.54) is 17.7 Å². The predicted molar refractivity (Wildman–Crippen MR) is 169 cm³/mol. The summed E-state index contributed by atoms with van der Waals surface area (Å²) in [6.07, 6.45) is 2.48. The number of benzene rings is 2. The van der Waals surface area contributed by atoms with E-state index in [9.17, 15) is 14.0 Å². The molecule has 1 aliphatic heterocycles. The molecule has 0 aliphatic carbocycles. The molecule has 4 rings (SSSR count). The summed E-state index contributed by atoms with van der Waals surface area (Å²) in [5, 5.41) is 5.85. The van der Waals surface area contributed by atoms with E-state index in [0.29, 0.717) is 29.6 Å². The average Bonchev–Trinajstić information content (AvgIpc) is 2.94. The summed E-state index contributed by atoms with van der Waals surface area (Å²) < 4.78 is 24.5. The first-order valence-corrected chi connectivity index (χ1v) is 15.7. The quantitative estimate of drug-likeness (QED) is 0.204. The highest BCUT2D eigenvalue weighted by Gasteiger charge is 2.29. The molecule has 2 atom stereocenters. The fourth-order valence-electron chi connectivity index (χ4n) is 4.88. The second kappa shape index (κ2) is 13.6. The van der Waals surface area contributed by atoms with E-state index in [-0.39, 0.29) is 11.9 Å². The topological polar surface area (TPSA) is 106 Å². The molecular weight excluding hydrogens is 569 g/mol. The van der Waals surface area contributed by atoms with Gasteiger partial charge in [0, 0.05) is 23.5 Å². The van der Waals surface area contributed by atoms with E-state index >= 15 is 0 Å². The molecule has 2 heterocycles. The van der Waals surface area contributed by atoms with E-state index in [1.54, 1.807) is 50.7 Å². The van der Waals surface area contributed by atoms with Crippen LogP contribution in [0, 0.1) is 19.7 Å². The zero-order chi connectivity index (χ0) is 31.3. The van der Waals surface area contributed by atoms with Crippen LogP contribution in [0.1, 0.15) is 62.5 Å². The zero-order valence-corrected chi connectivity index (χ0v) is 26.6. The van der Waals surface area contributed by atoms with Gasteiger partial charge in [-0.05, 0) is 114 Å². The third-order valence-corrected chi connectivity index (χ3v) is 7.84. The predicted octanol–water partition coefficient (Wildman–Crippen LogP) is 6.65. The van der Waals surface area contributed by atoms with Crippen LogP contribution in [0.2, 0.25) is 0 Å². The molecule has 0 bridgehead atoms. The Morgan fingerprint density at radius 2 is 1.86 bits per heavy atom. The fourth-order valence-corrected chi connectivity index (χ4v) is 5.35. The molecule has 1 amide bonds. The van der Waals surface area contributed by atoms with Gasteiger partial charge < -0.3 is 25.0 Å². The van der Waals surface area contributed by atoms with Gasteiger partial charge in [0.05, 0.1) is 6.04 Å². The number of hydrogen-bond acceptors (Lipinski definition) is 9. The monoisotopic (exact) mass is 609 g/mol. The number of hydrogen-bond donors (Lipinski definition) is 2. The minimum absolute atomic E-state index is 0.0683. The van der Waals surface area contributed by atoms with Crippen molar-refractivity contribution in [1.82, 2.24) is 15.3 Å². The summed E-state index contributed by atoms with van der Waals surface area (Å²) in [7, 11) is 0. The smallest absolute Gasteiger partial charge is 0.408 e. The van der Waals surface area contributed by atoms with Gasteiger partial charge in [0.25, 0.3) is 0 Å². The largest absolute Gasteiger partial charge is 0.444 e. The van der Waals surface area contributed by atoms with Crippen LogP contribution in [0.3, 0.4) is 0 Å². The number of aromatic nitrogens is 2. The number of nitrogens with zero attached hydrogens (tertiary/aromatic N) is 3. The molecule has 0 spiro atoms. The van der Waals surface area contributed by atoms with Gasteiger partial charge in [-0.25, -0.2) is 19.0 Å². The Balaban J connectivity index is 1.54. The molecule has 43 heavy (non-hydrogen) atoms. The summed E-state index contributed by atoms with van der Waals surface area (Å²) >= 11 is 1.58. The molecule has 0 saturated carbocycles. The molecule has 0 saturated heterocycles. The van der Waals surface area contributed by atoms with E-state index in [4.69, 9.17) is 14.5 Å². The first-order chi connectivity index (χ1) is 20.3. The molecule has 3 aromatic rings. The van der Waals surface area contributed by atoms with Crippen LogP contribution in [-0.2, 0) is 16.0 Å². The number of rotatable bonds is 9. The summed E-state index contributed by atoms with van der Waals surface area (Å²) in [5.41, 5.74) is 4.01. The zero-order valence-electron chi connectivity index (χ0n) is 25.8. The van der Waals surface area contributed by atoms with Crippen molar-refractivity contribution in [3.8, 4) is 5.75 Å². The lowest BCUT2D eigenvalue weighted by Gasteiger charge is -2.37. The van der Waals surface area contributed by atoms with Crippen molar-refractivity contribution >= 4 is 41.3 Å². The number of ether oxygens (including phenoxy) is 2. The minimum Gasteiger partial charge on any atom is -0.444 e. The van der Waals surface area contributed by atoms with Gasteiger partial charge in [0.2, 0.25) is 5.95 Å². The Bertz CT molecular complexity index is 1460. The number of anilines is 3. The molecule has 0 fully saturated rings. The standard InChI is InChI=1S/C32H40FN5O4S/c1-19-20(2)34-30(35-24-11-9-23(33)10-12-24)37-28(19)38-16-14-22-8-13-25(18-26(22)21(38)3)41-29(39)27(15-17-43-7)36-31(40)42-32(4,5)6/h8-13,18,21,27H,14-17H2,1-7H3,(H,36,40)(H,34,35,37)/t21?,27-/m0/s1. The van der Waals surface area contributed by atoms with Crippen molar-refractivity contribution in [3.63, 3.8) is 0 Å². The molecule has 1 aliphatic rings. The lowest BCUT2D eigenvalue weighted by Crippen LogP contribution is -2.45. The molecular formula is C32H40FN5O4S. The summed E-state index contributed by atoms with van der Waals surface area (Å²) in [6, 6.07) is 10.8. The number of carbonyl (C=O) groups excluding carboxylic acids is 2. The lowest BCUT2D eigenvalue weighted by atomic mass is 9.93. The fraction of sp³-hybridized carbons (Fsp3) is 0.438. The van der Waals surface area contributed by atoms with Crippen LogP contribution in [-0.4, -0.2) is 52.2 Å². The van der Waals surface area contributed by atoms with Crippen molar-refractivity contribution in [2.24, 2.45) is 0 Å². The number of halogens is 1. The Kier molecular flexibility index (Phi) is 10.2. The maximum atomic E-state index is 13.4. The van der Waals surface area contributed by atoms with Gasteiger partial charge >= 0.3 is 12.1 Å². The first kappa shape index (κ1) is 32.1. The van der Waals surface area contributed by atoms with Crippen molar-refractivity contribution in [3.05, 3.63) is 70.7 Å². The van der Waals surface area contributed by atoms with Gasteiger partial charge in [0.15, 0.2) is 0 Å². The number of aryl methyl sites for hydroxylation is 1. The van der Waals surface area contributed by atoms with Crippen molar-refractivity contribution in [2.45, 2.75) is 72.1 Å². The van der Waals surface area contributed by atoms with Gasteiger partial charge in [0.1, 0.15) is 29.0 Å². The second-order valence-corrected chi connectivity index (χ2v) is 12.6. The highest BCUT2D eigenvalue weighted by molar-refractivity contribution is 7.98. The Hall–Kier alpha value is -3.86. The maximum Gasteiger partial charge on any atom is 0.408 e. The number of fused-ring (bicyclic) bond motifs is 1. The second-order valence-electron chi connectivity index (χ2n) is 11.6. The molecule has 230 valence electrons. The number of amides is 1. The Morgan fingerprint density at radius 3 is 2.53 bits per heavy atom. The minimum atomic E-state index is -0.842. The molecule has 2 aromatic carbocycles. The Morgan fingerprint density at radius 1 is 1.14 bits per heavy atom. The van der Waals surface area contributed by atoms with Gasteiger partial charge in [-0.3, -0.25) is 0 Å². The van der Waals surface area contributed by atoms with Crippen LogP contribution >= 0.6 is 11.8 Å². The number of nitrogens with one attached hydrogen (secondary N) is 2. The number of thioether (sulfide) groups is 1. The Labute approximate surface area is 257 Å². The SMILES string of the molecule is CSCC[C@H](NC(=O)OC(C)(C)C)C(=O)Oc1ccc2c(c1)C(C)N(c1nc(Nc3ccc(F)cc3)nc(C)c1C)CC2. The van der Waals surface area contributed by atoms with E-state index in [0.717, 1.165) is 35.6 Å². The third kappa shape index (κ3) is 8.37. The van der Waals surface area contributed by atoms with Gasteiger partial charge in [-0.1, -0.05) is 6.07 Å². The molecule has 0 radical (unpaired) electrons. The highest BCUT2D eigenvalue weighted by Crippen LogP contribution is 2.37. The number of esters is 1. The third-order valence-electron chi connectivity index (χ3n) is 7.20. The van der Waals surface area contributed by atoms with E-state index < -0.39 is 23.7 Å². The van der Waals surface area contributed by atoms with Crippen LogP contribution in [0.5, 0.6) is 5.75 Å². The molecule has 2 N–H and O–H groups in total. The number of alkyl carbamates (subject to hydrolysis) is 1. The van der Waals surface area contributed by atoms with Gasteiger partial charge in [-0.15, -0.1) is 0 Å². The lowest BCUT2D eigenvalue weighted by molar-refractivity contribution is -0.136.